The summed E-state index contributed by atoms with van der Waals surface area (Å²) in [5.74, 6) is -0.393. The third-order valence-electron chi connectivity index (χ3n) is 1.78. The molecule has 0 aromatic rings. The molecule has 0 fully saturated rings. The maximum atomic E-state index is 10.9. The Labute approximate surface area is 89.7 Å². The summed E-state index contributed by atoms with van der Waals surface area (Å²) in [4.78, 5) is 10.9. The van der Waals surface area contributed by atoms with Gasteiger partial charge in [-0.15, -0.1) is 0 Å². The lowest BCUT2D eigenvalue weighted by Gasteiger charge is -2.12. The van der Waals surface area contributed by atoms with Gasteiger partial charge in [-0.25, -0.2) is 4.79 Å². The van der Waals surface area contributed by atoms with E-state index in [9.17, 15) is 4.79 Å². The molecule has 3 N–H and O–H groups in total. The van der Waals surface area contributed by atoms with Crippen LogP contribution in [0.25, 0.3) is 0 Å². The molecule has 0 saturated carbocycles. The highest BCUT2D eigenvalue weighted by molar-refractivity contribution is 5.86. The second kappa shape index (κ2) is 8.40. The molecule has 88 valence electrons. The topological polar surface area (TPSA) is 78.8 Å². The number of carbonyl (C=O) groups excluding carboxylic acids is 1. The van der Waals surface area contributed by atoms with Crippen LogP contribution in [0.2, 0.25) is 0 Å². The van der Waals surface area contributed by atoms with E-state index in [1.807, 2.05) is 0 Å². The molecule has 5 heteroatoms. The van der Waals surface area contributed by atoms with Crippen LogP contribution in [0, 0.1) is 0 Å². The van der Waals surface area contributed by atoms with Gasteiger partial charge in [-0.05, 0) is 19.9 Å². The average molecular weight is 217 g/mol. The molecule has 0 aromatic heterocycles. The maximum absolute atomic E-state index is 10.9. The summed E-state index contributed by atoms with van der Waals surface area (Å²) in [7, 11) is 0. The number of esters is 1. The molecule has 0 aliphatic carbocycles. The first kappa shape index (κ1) is 14.1. The van der Waals surface area contributed by atoms with Gasteiger partial charge >= 0.3 is 5.97 Å². The van der Waals surface area contributed by atoms with E-state index < -0.39 is 5.97 Å². The van der Waals surface area contributed by atoms with Crippen molar-refractivity contribution in [1.82, 2.24) is 5.32 Å². The summed E-state index contributed by atoms with van der Waals surface area (Å²) in [5, 5.41) is 20.4. The lowest BCUT2D eigenvalue weighted by molar-refractivity contribution is -0.139. The Balaban J connectivity index is 3.39. The van der Waals surface area contributed by atoms with Crippen LogP contribution in [0.3, 0.4) is 0 Å². The van der Waals surface area contributed by atoms with Crippen molar-refractivity contribution in [3.8, 4) is 0 Å². The molecule has 0 bridgehead atoms. The predicted octanol–water partition coefficient (Wildman–Crippen LogP) is -0.561. The molecule has 0 saturated heterocycles. The van der Waals surface area contributed by atoms with Gasteiger partial charge in [0.25, 0.3) is 0 Å². The van der Waals surface area contributed by atoms with Crippen LogP contribution < -0.4 is 5.32 Å². The van der Waals surface area contributed by atoms with Crippen molar-refractivity contribution in [3.63, 3.8) is 0 Å². The average Bonchev–Trinajstić information content (AvgIpc) is 2.23. The quantitative estimate of drug-likeness (QED) is 0.288. The standard InChI is InChI=1S/C10H19NO4/c1-8(2)10(14)15-5-3-4-11-9(6-12)7-13/h9,11-13H,1,3-7H2,2H3. The van der Waals surface area contributed by atoms with Gasteiger partial charge in [-0.3, -0.25) is 0 Å². The van der Waals surface area contributed by atoms with Crippen molar-refractivity contribution in [1.29, 1.82) is 0 Å². The molecule has 0 rings (SSSR count). The Kier molecular flexibility index (Phi) is 7.89. The van der Waals surface area contributed by atoms with Gasteiger partial charge in [0.05, 0.1) is 25.9 Å². The van der Waals surface area contributed by atoms with Crippen molar-refractivity contribution in [2.45, 2.75) is 19.4 Å². The van der Waals surface area contributed by atoms with Crippen molar-refractivity contribution in [3.05, 3.63) is 12.2 Å². The molecule has 0 radical (unpaired) electrons. The van der Waals surface area contributed by atoms with Gasteiger partial charge in [0.1, 0.15) is 0 Å². The summed E-state index contributed by atoms with van der Waals surface area (Å²) in [5.41, 5.74) is 0.381. The molecule has 0 heterocycles. The van der Waals surface area contributed by atoms with Gasteiger partial charge in [-0.1, -0.05) is 6.58 Å². The molecule has 0 aliphatic rings. The summed E-state index contributed by atoms with van der Waals surface area (Å²) < 4.78 is 4.85. The molecule has 0 aliphatic heterocycles. The second-order valence-corrected chi connectivity index (χ2v) is 3.29. The van der Waals surface area contributed by atoms with Crippen LogP contribution in [0.5, 0.6) is 0 Å². The third kappa shape index (κ3) is 7.07. The van der Waals surface area contributed by atoms with Crippen LogP contribution in [0.4, 0.5) is 0 Å². The van der Waals surface area contributed by atoms with Gasteiger partial charge in [-0.2, -0.15) is 0 Å². The SMILES string of the molecule is C=C(C)C(=O)OCCCNC(CO)CO. The van der Waals surface area contributed by atoms with E-state index in [1.54, 1.807) is 6.92 Å². The number of aliphatic hydroxyl groups is 2. The van der Waals surface area contributed by atoms with E-state index in [-0.39, 0.29) is 19.3 Å². The Morgan fingerprint density at radius 3 is 2.53 bits per heavy atom. The smallest absolute Gasteiger partial charge is 0.333 e. The monoisotopic (exact) mass is 217 g/mol. The number of carbonyl (C=O) groups is 1. The largest absolute Gasteiger partial charge is 0.462 e. The van der Waals surface area contributed by atoms with Crippen LogP contribution in [-0.2, 0) is 9.53 Å². The van der Waals surface area contributed by atoms with Crippen molar-refractivity contribution < 1.29 is 19.7 Å². The third-order valence-corrected chi connectivity index (χ3v) is 1.78. The fourth-order valence-electron chi connectivity index (χ4n) is 0.853. The highest BCUT2D eigenvalue weighted by atomic mass is 16.5. The zero-order chi connectivity index (χ0) is 11.7. The minimum Gasteiger partial charge on any atom is -0.462 e. The lowest BCUT2D eigenvalue weighted by Crippen LogP contribution is -2.36. The second-order valence-electron chi connectivity index (χ2n) is 3.29. The van der Waals surface area contributed by atoms with Gasteiger partial charge < -0.3 is 20.3 Å². The van der Waals surface area contributed by atoms with Crippen LogP contribution in [0.1, 0.15) is 13.3 Å². The van der Waals surface area contributed by atoms with Crippen LogP contribution >= 0.6 is 0 Å². The predicted molar refractivity (Wildman–Crippen MR) is 56.4 cm³/mol. The Hall–Kier alpha value is -0.910. The first-order valence-electron chi connectivity index (χ1n) is 4.89. The highest BCUT2D eigenvalue weighted by Crippen LogP contribution is 1.93. The molecule has 0 unspecified atom stereocenters. The number of hydrogen-bond acceptors (Lipinski definition) is 5. The molecule has 0 aromatic carbocycles. The van der Waals surface area contributed by atoms with Crippen LogP contribution in [0.15, 0.2) is 12.2 Å². The molecule has 0 spiro atoms. The van der Waals surface area contributed by atoms with E-state index >= 15 is 0 Å². The Morgan fingerprint density at radius 1 is 1.47 bits per heavy atom. The summed E-state index contributed by atoms with van der Waals surface area (Å²) in [6, 6.07) is -0.304. The zero-order valence-electron chi connectivity index (χ0n) is 9.03. The van der Waals surface area contributed by atoms with E-state index in [1.165, 1.54) is 0 Å². The van der Waals surface area contributed by atoms with Crippen molar-refractivity contribution in [2.75, 3.05) is 26.4 Å². The highest BCUT2D eigenvalue weighted by Gasteiger charge is 2.04. The molecule has 15 heavy (non-hydrogen) atoms. The van der Waals surface area contributed by atoms with E-state index in [4.69, 9.17) is 14.9 Å². The van der Waals surface area contributed by atoms with Gasteiger partial charge in [0.2, 0.25) is 0 Å². The van der Waals surface area contributed by atoms with E-state index in [0.717, 1.165) is 0 Å². The number of nitrogens with one attached hydrogen (secondary N) is 1. The number of ether oxygens (including phenoxy) is 1. The number of aliphatic hydroxyl groups excluding tert-OH is 2. The van der Waals surface area contributed by atoms with E-state index in [2.05, 4.69) is 11.9 Å². The molecular weight excluding hydrogens is 198 g/mol. The molecular formula is C10H19NO4. The van der Waals surface area contributed by atoms with Crippen molar-refractivity contribution >= 4 is 5.97 Å². The number of rotatable bonds is 8. The minimum absolute atomic E-state index is 0.109. The van der Waals surface area contributed by atoms with Crippen molar-refractivity contribution in [2.24, 2.45) is 0 Å². The molecule has 0 amide bonds. The summed E-state index contributed by atoms with van der Waals surface area (Å²) in [6.45, 7) is 5.71. The number of hydrogen-bond donors (Lipinski definition) is 3. The maximum Gasteiger partial charge on any atom is 0.333 e. The fraction of sp³-hybridized carbons (Fsp3) is 0.700. The molecule has 5 nitrogen and oxygen atoms in total. The van der Waals surface area contributed by atoms with Crippen LogP contribution in [-0.4, -0.2) is 48.6 Å². The fourth-order valence-corrected chi connectivity index (χ4v) is 0.853. The van der Waals surface area contributed by atoms with Gasteiger partial charge in [0, 0.05) is 5.57 Å². The van der Waals surface area contributed by atoms with E-state index in [0.29, 0.717) is 25.1 Å². The normalized spacial score (nSPS) is 10.4. The minimum atomic E-state index is -0.393. The lowest BCUT2D eigenvalue weighted by atomic mass is 10.3. The summed E-state index contributed by atoms with van der Waals surface area (Å²) in [6.07, 6.45) is 0.634. The Bertz CT molecular complexity index is 202. The Morgan fingerprint density at radius 2 is 2.07 bits per heavy atom. The first-order chi connectivity index (χ1) is 7.11. The zero-order valence-corrected chi connectivity index (χ0v) is 9.03. The van der Waals surface area contributed by atoms with Gasteiger partial charge in [0.15, 0.2) is 0 Å². The molecule has 0 atom stereocenters. The first-order valence-corrected chi connectivity index (χ1v) is 4.89. The summed E-state index contributed by atoms with van der Waals surface area (Å²) >= 11 is 0.